The van der Waals surface area contributed by atoms with E-state index in [9.17, 15) is 9.59 Å². The maximum Gasteiger partial charge on any atom is 0.261 e. The van der Waals surface area contributed by atoms with E-state index in [4.69, 9.17) is 16.3 Å². The molecule has 2 rings (SSSR count). The number of rotatable bonds is 12. The molecule has 0 unspecified atom stereocenters. The Bertz CT molecular complexity index is 848. The molecule has 0 bridgehead atoms. The first-order valence-electron chi connectivity index (χ1n) is 10.6. The molecular weight excluding hydrogens is 480 g/mol. The lowest BCUT2D eigenvalue weighted by Crippen LogP contribution is -2.51. The Morgan fingerprint density at radius 2 is 1.90 bits per heavy atom. The van der Waals surface area contributed by atoms with Crippen molar-refractivity contribution >= 4 is 39.3 Å². The van der Waals surface area contributed by atoms with Gasteiger partial charge in [0.2, 0.25) is 5.91 Å². The highest BCUT2D eigenvalue weighted by Crippen LogP contribution is 2.28. The van der Waals surface area contributed by atoms with Crippen LogP contribution < -0.4 is 10.1 Å². The second-order valence-electron chi connectivity index (χ2n) is 7.25. The summed E-state index contributed by atoms with van der Waals surface area (Å²) in [5, 5.41) is 3.54. The molecule has 7 heteroatoms. The molecule has 5 nitrogen and oxygen atoms in total. The molecule has 1 atom stereocenters. The van der Waals surface area contributed by atoms with Gasteiger partial charge in [-0.2, -0.15) is 0 Å². The van der Waals surface area contributed by atoms with Crippen molar-refractivity contribution in [1.29, 1.82) is 0 Å². The average Bonchev–Trinajstić information content (AvgIpc) is 2.76. The molecule has 0 aliphatic heterocycles. The fraction of sp³-hybridized carbons (Fsp3) is 0.417. The largest absolute Gasteiger partial charge is 0.483 e. The molecule has 1 N–H and O–H groups in total. The van der Waals surface area contributed by atoms with Crippen molar-refractivity contribution < 1.29 is 14.3 Å². The molecule has 0 spiro atoms. The molecule has 0 saturated heterocycles. The van der Waals surface area contributed by atoms with Crippen LogP contribution in [0.1, 0.15) is 38.7 Å². The zero-order valence-corrected chi connectivity index (χ0v) is 20.4. The van der Waals surface area contributed by atoms with E-state index in [1.165, 1.54) is 0 Å². The SMILES string of the molecule is CCCCNC(=O)[C@@H](CC)N(CCc1ccccc1)C(=O)COc1ccc(Cl)cc1Br. The van der Waals surface area contributed by atoms with E-state index in [1.807, 2.05) is 37.3 Å². The first kappa shape index (κ1) is 25.2. The smallest absolute Gasteiger partial charge is 0.261 e. The standard InChI is InChI=1S/C24H30BrClN2O3/c1-3-5-14-27-24(30)21(4-2)28(15-13-18-9-7-6-8-10-18)23(29)17-31-22-12-11-19(26)16-20(22)25/h6-12,16,21H,3-5,13-15,17H2,1-2H3,(H,27,30)/t21-/m1/s1. The van der Waals surface area contributed by atoms with E-state index in [1.54, 1.807) is 23.1 Å². The molecule has 0 radical (unpaired) electrons. The summed E-state index contributed by atoms with van der Waals surface area (Å²) in [5.74, 6) is 0.182. The summed E-state index contributed by atoms with van der Waals surface area (Å²) in [6.45, 7) is 4.89. The van der Waals surface area contributed by atoms with Gasteiger partial charge in [-0.15, -0.1) is 0 Å². The maximum atomic E-state index is 13.1. The van der Waals surface area contributed by atoms with Crippen LogP contribution in [0.2, 0.25) is 5.02 Å². The molecule has 2 amide bonds. The summed E-state index contributed by atoms with van der Waals surface area (Å²) < 4.78 is 6.41. The zero-order valence-electron chi connectivity index (χ0n) is 18.1. The number of nitrogens with zero attached hydrogens (tertiary/aromatic N) is 1. The van der Waals surface area contributed by atoms with Crippen molar-refractivity contribution in [2.75, 3.05) is 19.7 Å². The molecule has 168 valence electrons. The van der Waals surface area contributed by atoms with Gasteiger partial charge in [-0.3, -0.25) is 9.59 Å². The van der Waals surface area contributed by atoms with E-state index in [0.717, 1.165) is 18.4 Å². The van der Waals surface area contributed by atoms with Crippen molar-refractivity contribution in [3.8, 4) is 5.75 Å². The minimum Gasteiger partial charge on any atom is -0.483 e. The lowest BCUT2D eigenvalue weighted by molar-refractivity contribution is -0.142. The summed E-state index contributed by atoms with van der Waals surface area (Å²) in [5.41, 5.74) is 1.11. The summed E-state index contributed by atoms with van der Waals surface area (Å²) in [7, 11) is 0. The fourth-order valence-electron chi connectivity index (χ4n) is 3.22. The van der Waals surface area contributed by atoms with Gasteiger partial charge >= 0.3 is 0 Å². The zero-order chi connectivity index (χ0) is 22.6. The number of halogens is 2. The number of hydrogen-bond acceptors (Lipinski definition) is 3. The van der Waals surface area contributed by atoms with Crippen LogP contribution >= 0.6 is 27.5 Å². The second kappa shape index (κ2) is 13.4. The Kier molecular flexibility index (Phi) is 10.9. The number of ether oxygens (including phenoxy) is 1. The number of nitrogens with one attached hydrogen (secondary N) is 1. The third-order valence-electron chi connectivity index (χ3n) is 4.94. The summed E-state index contributed by atoms with van der Waals surface area (Å²) in [6.07, 6.45) is 3.10. The molecule has 0 fully saturated rings. The molecule has 0 aromatic heterocycles. The van der Waals surface area contributed by atoms with Crippen molar-refractivity contribution in [3.05, 3.63) is 63.6 Å². The van der Waals surface area contributed by atoms with Crippen LogP contribution in [0.25, 0.3) is 0 Å². The monoisotopic (exact) mass is 508 g/mol. The van der Waals surface area contributed by atoms with Crippen LogP contribution in [0.5, 0.6) is 5.75 Å². The molecule has 0 heterocycles. The minimum absolute atomic E-state index is 0.120. The fourth-order valence-corrected chi connectivity index (χ4v) is 4.01. The number of unbranched alkanes of at least 4 members (excludes halogenated alkanes) is 1. The van der Waals surface area contributed by atoms with E-state index in [0.29, 0.717) is 41.2 Å². The van der Waals surface area contributed by atoms with Crippen LogP contribution in [0.3, 0.4) is 0 Å². The predicted molar refractivity (Wildman–Crippen MR) is 129 cm³/mol. The summed E-state index contributed by atoms with van der Waals surface area (Å²) >= 11 is 9.37. The topological polar surface area (TPSA) is 58.6 Å². The Balaban J connectivity index is 2.11. The predicted octanol–water partition coefficient (Wildman–Crippen LogP) is 5.25. The Morgan fingerprint density at radius 3 is 2.55 bits per heavy atom. The van der Waals surface area contributed by atoms with Gasteiger partial charge in [-0.05, 0) is 59.0 Å². The molecule has 31 heavy (non-hydrogen) atoms. The number of benzene rings is 2. The van der Waals surface area contributed by atoms with Crippen molar-refractivity contribution in [1.82, 2.24) is 10.2 Å². The number of carbonyl (C=O) groups is 2. The highest BCUT2D eigenvalue weighted by Gasteiger charge is 2.28. The number of hydrogen-bond donors (Lipinski definition) is 1. The van der Waals surface area contributed by atoms with Gasteiger partial charge in [0.25, 0.3) is 5.91 Å². The molecule has 2 aromatic carbocycles. The molecular formula is C24H30BrClN2O3. The normalized spacial score (nSPS) is 11.6. The summed E-state index contributed by atoms with van der Waals surface area (Å²) in [6, 6.07) is 14.5. The number of amides is 2. The third kappa shape index (κ3) is 8.19. The van der Waals surface area contributed by atoms with Gasteiger partial charge < -0.3 is 15.0 Å². The quantitative estimate of drug-likeness (QED) is 0.398. The van der Waals surface area contributed by atoms with Crippen molar-refractivity contribution in [2.24, 2.45) is 0 Å². The van der Waals surface area contributed by atoms with E-state index in [2.05, 4.69) is 28.2 Å². The van der Waals surface area contributed by atoms with Crippen LogP contribution in [0.15, 0.2) is 53.0 Å². The highest BCUT2D eigenvalue weighted by atomic mass is 79.9. The Labute approximate surface area is 198 Å². The highest BCUT2D eigenvalue weighted by molar-refractivity contribution is 9.10. The van der Waals surface area contributed by atoms with Gasteiger partial charge in [0.15, 0.2) is 6.61 Å². The molecule has 2 aromatic rings. The van der Waals surface area contributed by atoms with E-state index in [-0.39, 0.29) is 18.4 Å². The van der Waals surface area contributed by atoms with Gasteiger partial charge in [0.05, 0.1) is 4.47 Å². The van der Waals surface area contributed by atoms with Crippen molar-refractivity contribution in [2.45, 2.75) is 45.6 Å². The van der Waals surface area contributed by atoms with Crippen LogP contribution in [0.4, 0.5) is 0 Å². The van der Waals surface area contributed by atoms with E-state index < -0.39 is 6.04 Å². The molecule has 0 aliphatic rings. The molecule has 0 saturated carbocycles. The lowest BCUT2D eigenvalue weighted by Gasteiger charge is -2.30. The lowest BCUT2D eigenvalue weighted by atomic mass is 10.1. The third-order valence-corrected chi connectivity index (χ3v) is 5.80. The van der Waals surface area contributed by atoms with Gasteiger partial charge in [-0.1, -0.05) is 62.2 Å². The van der Waals surface area contributed by atoms with Crippen LogP contribution in [-0.2, 0) is 16.0 Å². The molecule has 0 aliphatic carbocycles. The van der Waals surface area contributed by atoms with Crippen LogP contribution in [-0.4, -0.2) is 42.5 Å². The summed E-state index contributed by atoms with van der Waals surface area (Å²) in [4.78, 5) is 27.6. The Hall–Kier alpha value is -2.05. The first-order valence-corrected chi connectivity index (χ1v) is 11.8. The Morgan fingerprint density at radius 1 is 1.16 bits per heavy atom. The average molecular weight is 510 g/mol. The van der Waals surface area contributed by atoms with E-state index >= 15 is 0 Å². The van der Waals surface area contributed by atoms with Gasteiger partial charge in [0, 0.05) is 18.1 Å². The van der Waals surface area contributed by atoms with Gasteiger partial charge in [0.1, 0.15) is 11.8 Å². The minimum atomic E-state index is -0.537. The first-order chi connectivity index (χ1) is 15.0. The van der Waals surface area contributed by atoms with Crippen molar-refractivity contribution in [3.63, 3.8) is 0 Å². The maximum absolute atomic E-state index is 13.1. The number of carbonyl (C=O) groups excluding carboxylic acids is 2. The van der Waals surface area contributed by atoms with Gasteiger partial charge in [-0.25, -0.2) is 0 Å². The second-order valence-corrected chi connectivity index (χ2v) is 8.55. The van der Waals surface area contributed by atoms with Crippen LogP contribution in [0, 0.1) is 0 Å².